The van der Waals surface area contributed by atoms with Gasteiger partial charge in [-0.2, -0.15) is 0 Å². The van der Waals surface area contributed by atoms with Crippen molar-refractivity contribution < 1.29 is 19.2 Å². The second-order valence-electron chi connectivity index (χ2n) is 6.09. The second kappa shape index (κ2) is 8.70. The van der Waals surface area contributed by atoms with Crippen LogP contribution in [0.2, 0.25) is 0 Å². The molecular formula is C20H19N3O5S. The van der Waals surface area contributed by atoms with Gasteiger partial charge in [-0.25, -0.2) is 4.79 Å². The molecule has 8 nitrogen and oxygen atoms in total. The van der Waals surface area contributed by atoms with Crippen molar-refractivity contribution in [2.45, 2.75) is 13.0 Å². The molecule has 1 aliphatic rings. The van der Waals surface area contributed by atoms with Gasteiger partial charge in [0.2, 0.25) is 0 Å². The first kappa shape index (κ1) is 20.3. The SMILES string of the molecule is CCOC(=O)C1=C(c2ccccc2)NC(=S)N[C@@H]1c1cc([N+](=O)[O-])ccc1OC. The number of nitro benzene ring substituents is 1. The molecule has 2 N–H and O–H groups in total. The number of esters is 1. The Bertz CT molecular complexity index is 991. The molecule has 150 valence electrons. The molecule has 0 aromatic heterocycles. The summed E-state index contributed by atoms with van der Waals surface area (Å²) in [5, 5.41) is 17.6. The van der Waals surface area contributed by atoms with Crippen LogP contribution >= 0.6 is 12.2 Å². The lowest BCUT2D eigenvalue weighted by atomic mass is 9.92. The highest BCUT2D eigenvalue weighted by molar-refractivity contribution is 7.80. The van der Waals surface area contributed by atoms with Gasteiger partial charge >= 0.3 is 5.97 Å². The normalized spacial score (nSPS) is 15.9. The Morgan fingerprint density at radius 3 is 2.59 bits per heavy atom. The minimum Gasteiger partial charge on any atom is -0.496 e. The lowest BCUT2D eigenvalue weighted by molar-refractivity contribution is -0.385. The molecule has 1 aliphatic heterocycles. The Hall–Kier alpha value is -3.46. The van der Waals surface area contributed by atoms with Crippen molar-refractivity contribution in [3.8, 4) is 5.75 Å². The molecule has 0 bridgehead atoms. The summed E-state index contributed by atoms with van der Waals surface area (Å²) >= 11 is 5.34. The van der Waals surface area contributed by atoms with Crippen LogP contribution in [0.3, 0.4) is 0 Å². The molecule has 0 spiro atoms. The molecule has 0 amide bonds. The Labute approximate surface area is 172 Å². The molecule has 0 saturated heterocycles. The minimum atomic E-state index is -0.798. The van der Waals surface area contributed by atoms with Gasteiger partial charge in [-0.05, 0) is 30.8 Å². The minimum absolute atomic E-state index is 0.128. The molecule has 2 aromatic carbocycles. The number of non-ortho nitro benzene ring substituents is 1. The highest BCUT2D eigenvalue weighted by atomic mass is 32.1. The maximum absolute atomic E-state index is 12.9. The average molecular weight is 413 g/mol. The van der Waals surface area contributed by atoms with Crippen LogP contribution in [-0.2, 0) is 9.53 Å². The third kappa shape index (κ3) is 4.19. The summed E-state index contributed by atoms with van der Waals surface area (Å²) in [7, 11) is 1.45. The molecule has 9 heteroatoms. The van der Waals surface area contributed by atoms with Crippen LogP contribution < -0.4 is 15.4 Å². The first-order valence-corrected chi connectivity index (χ1v) is 9.23. The summed E-state index contributed by atoms with van der Waals surface area (Å²) in [5.41, 5.74) is 1.74. The summed E-state index contributed by atoms with van der Waals surface area (Å²) in [4.78, 5) is 23.7. The van der Waals surface area contributed by atoms with E-state index in [1.165, 1.54) is 25.3 Å². The standard InChI is InChI=1S/C20H19N3O5S/c1-3-28-19(24)16-17(12-7-5-4-6-8-12)21-20(29)22-18(16)14-11-13(23(25)26)9-10-15(14)27-2/h4-11,18H,3H2,1-2H3,(H2,21,22,29)/t18-/m1/s1. The number of ether oxygens (including phenoxy) is 2. The van der Waals surface area contributed by atoms with Crippen LogP contribution in [0.4, 0.5) is 5.69 Å². The van der Waals surface area contributed by atoms with Crippen molar-refractivity contribution >= 4 is 34.7 Å². The first-order valence-electron chi connectivity index (χ1n) is 8.82. The third-order valence-corrected chi connectivity index (χ3v) is 4.58. The number of hydrogen-bond acceptors (Lipinski definition) is 6. The fraction of sp³-hybridized carbons (Fsp3) is 0.200. The van der Waals surface area contributed by atoms with E-state index in [9.17, 15) is 14.9 Å². The maximum Gasteiger partial charge on any atom is 0.338 e. The molecule has 0 fully saturated rings. The van der Waals surface area contributed by atoms with Crippen LogP contribution in [0.1, 0.15) is 24.1 Å². The number of methoxy groups -OCH3 is 1. The zero-order valence-corrected chi connectivity index (χ0v) is 16.6. The van der Waals surface area contributed by atoms with Crippen molar-refractivity contribution in [2.24, 2.45) is 0 Å². The van der Waals surface area contributed by atoms with Crippen LogP contribution in [-0.4, -0.2) is 29.7 Å². The molecule has 1 atom stereocenters. The third-order valence-electron chi connectivity index (χ3n) is 4.36. The highest BCUT2D eigenvalue weighted by Crippen LogP contribution is 2.37. The van der Waals surface area contributed by atoms with E-state index in [2.05, 4.69) is 10.6 Å². The van der Waals surface area contributed by atoms with Crippen molar-refractivity contribution in [2.75, 3.05) is 13.7 Å². The number of benzene rings is 2. The Kier molecular flexibility index (Phi) is 6.08. The van der Waals surface area contributed by atoms with E-state index in [0.29, 0.717) is 17.0 Å². The van der Waals surface area contributed by atoms with E-state index in [1.54, 1.807) is 6.92 Å². The molecule has 0 saturated carbocycles. The smallest absolute Gasteiger partial charge is 0.338 e. The van der Waals surface area contributed by atoms with Crippen LogP contribution in [0, 0.1) is 10.1 Å². The van der Waals surface area contributed by atoms with E-state index >= 15 is 0 Å². The first-order chi connectivity index (χ1) is 14.0. The molecule has 2 aromatic rings. The fourth-order valence-electron chi connectivity index (χ4n) is 3.12. The van der Waals surface area contributed by atoms with Gasteiger partial charge < -0.3 is 20.1 Å². The van der Waals surface area contributed by atoms with Gasteiger partial charge in [0.05, 0.1) is 36.0 Å². The van der Waals surface area contributed by atoms with Gasteiger partial charge in [0.15, 0.2) is 5.11 Å². The van der Waals surface area contributed by atoms with E-state index in [0.717, 1.165) is 5.56 Å². The molecule has 29 heavy (non-hydrogen) atoms. The molecule has 0 radical (unpaired) electrons. The Morgan fingerprint density at radius 1 is 1.24 bits per heavy atom. The topological polar surface area (TPSA) is 103 Å². The Balaban J connectivity index is 2.26. The number of thiocarbonyl (C=S) groups is 1. The number of nitrogens with one attached hydrogen (secondary N) is 2. The van der Waals surface area contributed by atoms with Gasteiger partial charge in [0, 0.05) is 17.7 Å². The quantitative estimate of drug-likeness (QED) is 0.322. The molecule has 3 rings (SSSR count). The summed E-state index contributed by atoms with van der Waals surface area (Å²) < 4.78 is 10.7. The van der Waals surface area contributed by atoms with Gasteiger partial charge in [-0.3, -0.25) is 10.1 Å². The van der Waals surface area contributed by atoms with Crippen molar-refractivity contribution in [3.63, 3.8) is 0 Å². The lowest BCUT2D eigenvalue weighted by Gasteiger charge is -2.31. The van der Waals surface area contributed by atoms with Crippen molar-refractivity contribution in [1.82, 2.24) is 10.6 Å². The number of nitro groups is 1. The largest absolute Gasteiger partial charge is 0.496 e. The summed E-state index contributed by atoms with van der Waals surface area (Å²) in [6.45, 7) is 1.88. The number of hydrogen-bond donors (Lipinski definition) is 2. The lowest BCUT2D eigenvalue weighted by Crippen LogP contribution is -2.45. The maximum atomic E-state index is 12.9. The predicted molar refractivity (Wildman–Crippen MR) is 111 cm³/mol. The number of rotatable bonds is 6. The van der Waals surface area contributed by atoms with Crippen molar-refractivity contribution in [3.05, 3.63) is 75.3 Å². The van der Waals surface area contributed by atoms with E-state index < -0.39 is 16.9 Å². The van der Waals surface area contributed by atoms with E-state index in [-0.39, 0.29) is 23.0 Å². The van der Waals surface area contributed by atoms with Crippen LogP contribution in [0.5, 0.6) is 5.75 Å². The zero-order valence-electron chi connectivity index (χ0n) is 15.8. The number of carbonyl (C=O) groups is 1. The van der Waals surface area contributed by atoms with Gasteiger partial charge in [-0.1, -0.05) is 30.3 Å². The van der Waals surface area contributed by atoms with Gasteiger partial charge in [0.25, 0.3) is 5.69 Å². The van der Waals surface area contributed by atoms with Gasteiger partial charge in [-0.15, -0.1) is 0 Å². The molecule has 0 aliphatic carbocycles. The van der Waals surface area contributed by atoms with E-state index in [1.807, 2.05) is 30.3 Å². The summed E-state index contributed by atoms with van der Waals surface area (Å²) in [6.07, 6.45) is 0. The molecule has 1 heterocycles. The van der Waals surface area contributed by atoms with Gasteiger partial charge in [0.1, 0.15) is 5.75 Å². The monoisotopic (exact) mass is 413 g/mol. The van der Waals surface area contributed by atoms with Crippen LogP contribution in [0.25, 0.3) is 5.70 Å². The Morgan fingerprint density at radius 2 is 1.97 bits per heavy atom. The average Bonchev–Trinajstić information content (AvgIpc) is 2.73. The predicted octanol–water partition coefficient (Wildman–Crippen LogP) is 3.10. The van der Waals surface area contributed by atoms with E-state index in [4.69, 9.17) is 21.7 Å². The van der Waals surface area contributed by atoms with Crippen LogP contribution in [0.15, 0.2) is 54.1 Å². The fourth-order valence-corrected chi connectivity index (χ4v) is 3.34. The van der Waals surface area contributed by atoms with Crippen molar-refractivity contribution in [1.29, 1.82) is 0 Å². The molecule has 0 unspecified atom stereocenters. The highest BCUT2D eigenvalue weighted by Gasteiger charge is 2.35. The summed E-state index contributed by atoms with van der Waals surface area (Å²) in [6, 6.07) is 12.6. The second-order valence-corrected chi connectivity index (χ2v) is 6.50. The zero-order chi connectivity index (χ0) is 21.0. The summed E-state index contributed by atoms with van der Waals surface area (Å²) in [5.74, 6) is -0.181. The molecular weight excluding hydrogens is 394 g/mol. The number of nitrogens with zero attached hydrogens (tertiary/aromatic N) is 1. The number of carbonyl (C=O) groups excluding carboxylic acids is 1.